The third-order valence-corrected chi connectivity index (χ3v) is 5.42. The fraction of sp³-hybridized carbons (Fsp3) is 0.444. The second-order valence-corrected chi connectivity index (χ2v) is 7.45. The van der Waals surface area contributed by atoms with Crippen LogP contribution in [0.2, 0.25) is 0 Å². The van der Waals surface area contributed by atoms with Crippen LogP contribution in [0.4, 0.5) is 4.79 Å². The van der Waals surface area contributed by atoms with E-state index in [1.54, 1.807) is 17.5 Å². The van der Waals surface area contributed by atoms with E-state index in [0.29, 0.717) is 13.1 Å². The molecule has 5 nitrogen and oxygen atoms in total. The number of carbonyl (C=O) groups is 1. The Morgan fingerprint density at radius 3 is 2.92 bits per heavy atom. The van der Waals surface area contributed by atoms with E-state index < -0.39 is 0 Å². The molecule has 3 rings (SSSR count). The molecule has 128 valence electrons. The van der Waals surface area contributed by atoms with Crippen molar-refractivity contribution >= 4 is 17.4 Å². The van der Waals surface area contributed by atoms with Crippen molar-refractivity contribution < 1.29 is 4.79 Å². The van der Waals surface area contributed by atoms with E-state index in [9.17, 15) is 4.79 Å². The van der Waals surface area contributed by atoms with Gasteiger partial charge in [0.05, 0.1) is 6.54 Å². The number of carbonyl (C=O) groups excluding carboxylic acids is 1. The molecule has 0 saturated carbocycles. The van der Waals surface area contributed by atoms with Crippen LogP contribution >= 0.6 is 11.3 Å². The number of thiazole rings is 1. The van der Waals surface area contributed by atoms with Gasteiger partial charge in [-0.25, -0.2) is 9.78 Å². The van der Waals surface area contributed by atoms with E-state index in [1.807, 2.05) is 11.4 Å². The molecule has 1 fully saturated rings. The quantitative estimate of drug-likeness (QED) is 0.847. The summed E-state index contributed by atoms with van der Waals surface area (Å²) in [6, 6.07) is 10.4. The molecule has 1 aliphatic rings. The van der Waals surface area contributed by atoms with Crippen LogP contribution in [0.25, 0.3) is 0 Å². The van der Waals surface area contributed by atoms with E-state index in [1.165, 1.54) is 12.0 Å². The molecule has 0 unspecified atom stereocenters. The topological polar surface area (TPSA) is 57.3 Å². The number of hydrogen-bond donors (Lipinski definition) is 2. The van der Waals surface area contributed by atoms with Crippen molar-refractivity contribution in [2.45, 2.75) is 38.4 Å². The normalized spacial score (nSPS) is 20.9. The second-order valence-electron chi connectivity index (χ2n) is 6.47. The smallest absolute Gasteiger partial charge is 0.315 e. The van der Waals surface area contributed by atoms with Gasteiger partial charge in [-0.15, -0.1) is 11.3 Å². The van der Waals surface area contributed by atoms with Gasteiger partial charge in [0.15, 0.2) is 0 Å². The third kappa shape index (κ3) is 4.33. The summed E-state index contributed by atoms with van der Waals surface area (Å²) >= 11 is 1.55. The average molecular weight is 344 g/mol. The molecule has 1 saturated heterocycles. The summed E-state index contributed by atoms with van der Waals surface area (Å²) in [5, 5.41) is 8.73. The van der Waals surface area contributed by atoms with Crippen LogP contribution in [-0.4, -0.2) is 34.5 Å². The summed E-state index contributed by atoms with van der Waals surface area (Å²) in [6.07, 6.45) is 4.03. The van der Waals surface area contributed by atoms with Gasteiger partial charge in [-0.2, -0.15) is 0 Å². The molecular formula is C18H24N4OS. The summed E-state index contributed by atoms with van der Waals surface area (Å²) in [5.74, 6) is 0. The molecule has 1 atom stereocenters. The van der Waals surface area contributed by atoms with Crippen LogP contribution in [0.3, 0.4) is 0 Å². The molecule has 24 heavy (non-hydrogen) atoms. The Kier molecular flexibility index (Phi) is 5.48. The van der Waals surface area contributed by atoms with Gasteiger partial charge in [0, 0.05) is 30.2 Å². The first kappa shape index (κ1) is 16.9. The predicted molar refractivity (Wildman–Crippen MR) is 96.8 cm³/mol. The third-order valence-electron chi connectivity index (χ3n) is 4.64. The van der Waals surface area contributed by atoms with Gasteiger partial charge < -0.3 is 10.6 Å². The maximum absolute atomic E-state index is 12.0. The van der Waals surface area contributed by atoms with Crippen molar-refractivity contribution in [2.75, 3.05) is 13.1 Å². The van der Waals surface area contributed by atoms with Gasteiger partial charge in [-0.05, 0) is 31.9 Å². The fourth-order valence-electron chi connectivity index (χ4n) is 3.18. The number of nitrogens with zero attached hydrogens (tertiary/aromatic N) is 2. The number of rotatable bonds is 6. The number of hydrogen-bond acceptors (Lipinski definition) is 4. The minimum absolute atomic E-state index is 0.00830. The van der Waals surface area contributed by atoms with Crippen molar-refractivity contribution in [1.82, 2.24) is 20.5 Å². The lowest BCUT2D eigenvalue weighted by Gasteiger charge is -2.35. The lowest BCUT2D eigenvalue weighted by Crippen LogP contribution is -2.51. The first-order valence-corrected chi connectivity index (χ1v) is 9.23. The van der Waals surface area contributed by atoms with Gasteiger partial charge in [0.25, 0.3) is 0 Å². The number of aromatic nitrogens is 1. The van der Waals surface area contributed by atoms with Crippen molar-refractivity contribution in [1.29, 1.82) is 0 Å². The van der Waals surface area contributed by atoms with Crippen molar-refractivity contribution in [3.05, 3.63) is 52.5 Å². The number of urea groups is 1. The molecule has 2 heterocycles. The number of amides is 2. The molecule has 1 aromatic carbocycles. The van der Waals surface area contributed by atoms with Crippen LogP contribution < -0.4 is 10.6 Å². The highest BCUT2D eigenvalue weighted by atomic mass is 32.1. The summed E-state index contributed by atoms with van der Waals surface area (Å²) in [5.41, 5.74) is 1.33. The minimum Gasteiger partial charge on any atom is -0.336 e. The zero-order valence-electron chi connectivity index (χ0n) is 14.0. The lowest BCUT2D eigenvalue weighted by molar-refractivity contribution is 0.145. The number of likely N-dealkylation sites (tertiary alicyclic amines) is 1. The van der Waals surface area contributed by atoms with Gasteiger partial charge in [-0.1, -0.05) is 30.3 Å². The molecule has 0 radical (unpaired) electrons. The van der Waals surface area contributed by atoms with Gasteiger partial charge >= 0.3 is 6.03 Å². The van der Waals surface area contributed by atoms with Crippen LogP contribution in [-0.2, 0) is 13.1 Å². The van der Waals surface area contributed by atoms with Crippen LogP contribution in [0.15, 0.2) is 41.9 Å². The summed E-state index contributed by atoms with van der Waals surface area (Å²) in [7, 11) is 0. The van der Waals surface area contributed by atoms with Gasteiger partial charge in [0.1, 0.15) is 5.01 Å². The molecule has 2 amide bonds. The SMILES string of the molecule is C[C@]1(CNC(=O)NCc2nccs2)CCCN1Cc1ccccc1. The fourth-order valence-corrected chi connectivity index (χ4v) is 3.74. The first-order valence-electron chi connectivity index (χ1n) is 8.35. The summed E-state index contributed by atoms with van der Waals surface area (Å²) in [4.78, 5) is 18.7. The number of nitrogens with one attached hydrogen (secondary N) is 2. The molecule has 0 bridgehead atoms. The molecular weight excluding hydrogens is 320 g/mol. The van der Waals surface area contributed by atoms with E-state index in [-0.39, 0.29) is 11.6 Å². The summed E-state index contributed by atoms with van der Waals surface area (Å²) in [6.45, 7) is 5.38. The molecule has 1 aliphatic heterocycles. The Balaban J connectivity index is 1.49. The highest BCUT2D eigenvalue weighted by Gasteiger charge is 2.36. The van der Waals surface area contributed by atoms with Gasteiger partial charge in [0.2, 0.25) is 0 Å². The average Bonchev–Trinajstić information content (AvgIpc) is 3.23. The lowest BCUT2D eigenvalue weighted by atomic mass is 9.98. The minimum atomic E-state index is -0.127. The zero-order valence-corrected chi connectivity index (χ0v) is 14.8. The molecule has 2 aromatic rings. The standard InChI is InChI=1S/C18H24N4OS/c1-18(14-21-17(23)20-12-16-19-9-11-24-16)8-5-10-22(18)13-15-6-3-2-4-7-15/h2-4,6-7,9,11H,5,8,10,12-14H2,1H3,(H2,20,21,23)/t18-/m1/s1. The maximum atomic E-state index is 12.0. The van der Waals surface area contributed by atoms with Crippen molar-refractivity contribution in [3.63, 3.8) is 0 Å². The molecule has 1 aromatic heterocycles. The first-order chi connectivity index (χ1) is 11.7. The second kappa shape index (κ2) is 7.77. The largest absolute Gasteiger partial charge is 0.336 e. The number of benzene rings is 1. The Morgan fingerprint density at radius 2 is 2.17 bits per heavy atom. The monoisotopic (exact) mass is 344 g/mol. The van der Waals surface area contributed by atoms with E-state index in [4.69, 9.17) is 0 Å². The van der Waals surface area contributed by atoms with E-state index in [2.05, 4.69) is 51.7 Å². The highest BCUT2D eigenvalue weighted by Crippen LogP contribution is 2.29. The zero-order chi connectivity index (χ0) is 16.8. The Bertz CT molecular complexity index is 646. The van der Waals surface area contributed by atoms with E-state index >= 15 is 0 Å². The van der Waals surface area contributed by atoms with E-state index in [0.717, 1.165) is 24.5 Å². The van der Waals surface area contributed by atoms with Crippen molar-refractivity contribution in [3.8, 4) is 0 Å². The molecule has 0 spiro atoms. The Labute approximate surface area is 147 Å². The highest BCUT2D eigenvalue weighted by molar-refractivity contribution is 7.09. The van der Waals surface area contributed by atoms with Crippen LogP contribution in [0.1, 0.15) is 30.3 Å². The Morgan fingerprint density at radius 1 is 1.33 bits per heavy atom. The van der Waals surface area contributed by atoms with Crippen molar-refractivity contribution in [2.24, 2.45) is 0 Å². The predicted octanol–water partition coefficient (Wildman–Crippen LogP) is 3.00. The molecule has 2 N–H and O–H groups in total. The van der Waals surface area contributed by atoms with Crippen LogP contribution in [0, 0.1) is 0 Å². The molecule has 6 heteroatoms. The summed E-state index contributed by atoms with van der Waals surface area (Å²) < 4.78 is 0. The maximum Gasteiger partial charge on any atom is 0.315 e. The molecule has 0 aliphatic carbocycles. The van der Waals surface area contributed by atoms with Crippen LogP contribution in [0.5, 0.6) is 0 Å². The van der Waals surface area contributed by atoms with Gasteiger partial charge in [-0.3, -0.25) is 4.90 Å². The Hall–Kier alpha value is -1.92.